The summed E-state index contributed by atoms with van der Waals surface area (Å²) in [5.41, 5.74) is 1.57. The monoisotopic (exact) mass is 264 g/mol. The van der Waals surface area contributed by atoms with E-state index in [0.29, 0.717) is 12.1 Å². The highest BCUT2D eigenvalue weighted by molar-refractivity contribution is 6.58. The fourth-order valence-electron chi connectivity index (χ4n) is 1.97. The van der Waals surface area contributed by atoms with Gasteiger partial charge in [0.05, 0.1) is 12.7 Å². The molecule has 0 radical (unpaired) electrons. The summed E-state index contributed by atoms with van der Waals surface area (Å²) in [6.07, 6.45) is 6.46. The van der Waals surface area contributed by atoms with Crippen molar-refractivity contribution in [3.63, 3.8) is 0 Å². The van der Waals surface area contributed by atoms with Crippen LogP contribution in [0.1, 0.15) is 51.5 Å². The van der Waals surface area contributed by atoms with Crippen LogP contribution in [0.3, 0.4) is 0 Å². The van der Waals surface area contributed by atoms with Crippen molar-refractivity contribution in [2.75, 3.05) is 0 Å². The van der Waals surface area contributed by atoms with Crippen molar-refractivity contribution in [3.8, 4) is 0 Å². The highest BCUT2D eigenvalue weighted by Crippen LogP contribution is 2.10. The molecular weight excluding hydrogens is 239 g/mol. The maximum atomic E-state index is 9.00. The molecule has 0 aromatic heterocycles. The molecule has 0 fully saturated rings. The molecule has 3 nitrogen and oxygen atoms in total. The third-order valence-corrected chi connectivity index (χ3v) is 3.28. The van der Waals surface area contributed by atoms with E-state index in [0.717, 1.165) is 12.0 Å². The lowest BCUT2D eigenvalue weighted by Crippen LogP contribution is -2.29. The lowest BCUT2D eigenvalue weighted by Gasteiger charge is -2.13. The molecule has 0 spiro atoms. The van der Waals surface area contributed by atoms with E-state index >= 15 is 0 Å². The summed E-state index contributed by atoms with van der Waals surface area (Å²) in [4.78, 5) is 0. The average Bonchev–Trinajstić information content (AvgIpc) is 2.42. The Kier molecular flexibility index (Phi) is 7.79. The number of hydrogen-bond acceptors (Lipinski definition) is 3. The van der Waals surface area contributed by atoms with E-state index in [1.807, 2.05) is 12.1 Å². The van der Waals surface area contributed by atoms with Crippen molar-refractivity contribution in [2.45, 2.75) is 58.7 Å². The minimum absolute atomic E-state index is 0.278. The molecule has 0 saturated heterocycles. The molecule has 19 heavy (non-hydrogen) atoms. The van der Waals surface area contributed by atoms with Crippen molar-refractivity contribution >= 4 is 12.6 Å². The van der Waals surface area contributed by atoms with Crippen LogP contribution in [-0.4, -0.2) is 23.3 Å². The zero-order valence-electron chi connectivity index (χ0n) is 12.0. The lowest BCUT2D eigenvalue weighted by atomic mass is 9.80. The van der Waals surface area contributed by atoms with Crippen LogP contribution in [0.15, 0.2) is 24.3 Å². The van der Waals surface area contributed by atoms with Gasteiger partial charge in [0.15, 0.2) is 0 Å². The zero-order chi connectivity index (χ0) is 14.1. The van der Waals surface area contributed by atoms with Gasteiger partial charge in [0.2, 0.25) is 0 Å². The van der Waals surface area contributed by atoms with Crippen molar-refractivity contribution in [1.82, 2.24) is 0 Å². The van der Waals surface area contributed by atoms with E-state index in [9.17, 15) is 0 Å². The lowest BCUT2D eigenvalue weighted by molar-refractivity contribution is 0.0459. The van der Waals surface area contributed by atoms with Crippen LogP contribution in [0.25, 0.3) is 0 Å². The normalized spacial score (nSPS) is 12.4. The molecule has 0 heterocycles. The molecular formula is C15H25BO3. The van der Waals surface area contributed by atoms with E-state index in [-0.39, 0.29) is 6.10 Å². The summed E-state index contributed by atoms with van der Waals surface area (Å²) in [6.45, 7) is 4.90. The van der Waals surface area contributed by atoms with Crippen LogP contribution in [0.4, 0.5) is 0 Å². The maximum absolute atomic E-state index is 9.00. The quantitative estimate of drug-likeness (QED) is 0.531. The molecule has 0 bridgehead atoms. The van der Waals surface area contributed by atoms with Gasteiger partial charge < -0.3 is 14.8 Å². The Morgan fingerprint density at radius 1 is 1.11 bits per heavy atom. The minimum atomic E-state index is -1.40. The van der Waals surface area contributed by atoms with E-state index in [1.54, 1.807) is 12.1 Å². The smallest absolute Gasteiger partial charge is 0.423 e. The van der Waals surface area contributed by atoms with Crippen LogP contribution in [0, 0.1) is 0 Å². The predicted molar refractivity (Wildman–Crippen MR) is 79.3 cm³/mol. The van der Waals surface area contributed by atoms with Gasteiger partial charge in [0.1, 0.15) is 0 Å². The first-order valence-corrected chi connectivity index (χ1v) is 7.20. The molecule has 0 unspecified atom stereocenters. The van der Waals surface area contributed by atoms with Crippen LogP contribution in [0.2, 0.25) is 0 Å². The molecule has 106 valence electrons. The van der Waals surface area contributed by atoms with Gasteiger partial charge in [-0.1, -0.05) is 56.9 Å². The van der Waals surface area contributed by atoms with E-state index in [2.05, 4.69) is 13.8 Å². The molecule has 0 aliphatic rings. The fraction of sp³-hybridized carbons (Fsp3) is 0.600. The summed E-state index contributed by atoms with van der Waals surface area (Å²) in [5, 5.41) is 18.0. The highest BCUT2D eigenvalue weighted by Gasteiger charge is 2.10. The van der Waals surface area contributed by atoms with Crippen molar-refractivity contribution < 1.29 is 14.8 Å². The SMILES string of the molecule is CCCCCC[C@@H](C)OCc1ccc(B(O)O)cc1. The van der Waals surface area contributed by atoms with Crippen molar-refractivity contribution in [2.24, 2.45) is 0 Å². The zero-order valence-corrected chi connectivity index (χ0v) is 12.0. The number of unbranched alkanes of at least 4 members (excludes halogenated alkanes) is 3. The first-order valence-electron chi connectivity index (χ1n) is 7.20. The molecule has 0 amide bonds. The molecule has 0 aliphatic heterocycles. The highest BCUT2D eigenvalue weighted by atomic mass is 16.5. The molecule has 1 aromatic rings. The summed E-state index contributed by atoms with van der Waals surface area (Å²) < 4.78 is 5.78. The van der Waals surface area contributed by atoms with Gasteiger partial charge >= 0.3 is 7.12 Å². The molecule has 1 rings (SSSR count). The number of hydrogen-bond donors (Lipinski definition) is 2. The molecule has 4 heteroatoms. The molecule has 1 aromatic carbocycles. The number of ether oxygens (including phenoxy) is 1. The van der Waals surface area contributed by atoms with E-state index in [1.165, 1.54) is 25.7 Å². The topological polar surface area (TPSA) is 49.7 Å². The Balaban J connectivity index is 2.24. The second kappa shape index (κ2) is 9.13. The van der Waals surface area contributed by atoms with Crippen LogP contribution in [0.5, 0.6) is 0 Å². The summed E-state index contributed by atoms with van der Waals surface area (Å²) in [5.74, 6) is 0. The van der Waals surface area contributed by atoms with Gasteiger partial charge in [0.25, 0.3) is 0 Å². The number of benzene rings is 1. The first-order chi connectivity index (χ1) is 9.13. The first kappa shape index (κ1) is 16.2. The van der Waals surface area contributed by atoms with Crippen LogP contribution in [-0.2, 0) is 11.3 Å². The van der Waals surface area contributed by atoms with Gasteiger partial charge in [-0.05, 0) is 24.4 Å². The Morgan fingerprint density at radius 2 is 1.79 bits per heavy atom. The third kappa shape index (κ3) is 6.76. The maximum Gasteiger partial charge on any atom is 0.488 e. The summed E-state index contributed by atoms with van der Waals surface area (Å²) in [7, 11) is -1.40. The van der Waals surface area contributed by atoms with Gasteiger partial charge in [-0.3, -0.25) is 0 Å². The Bertz CT molecular complexity index is 338. The van der Waals surface area contributed by atoms with Crippen molar-refractivity contribution in [3.05, 3.63) is 29.8 Å². The molecule has 0 saturated carbocycles. The van der Waals surface area contributed by atoms with Gasteiger partial charge in [-0.25, -0.2) is 0 Å². The third-order valence-electron chi connectivity index (χ3n) is 3.28. The second-order valence-electron chi connectivity index (χ2n) is 5.09. The van der Waals surface area contributed by atoms with Crippen molar-refractivity contribution in [1.29, 1.82) is 0 Å². The summed E-state index contributed by atoms with van der Waals surface area (Å²) in [6, 6.07) is 7.18. The summed E-state index contributed by atoms with van der Waals surface area (Å²) >= 11 is 0. The predicted octanol–water partition coefficient (Wildman–Crippen LogP) is 2.24. The molecule has 0 aliphatic carbocycles. The standard InChI is InChI=1S/C15H25BO3/c1-3-4-5-6-7-13(2)19-12-14-8-10-15(11-9-14)16(17)18/h8-11,13,17-18H,3-7,12H2,1-2H3/t13-/m1/s1. The number of rotatable bonds is 9. The van der Waals surface area contributed by atoms with E-state index < -0.39 is 7.12 Å². The van der Waals surface area contributed by atoms with Gasteiger partial charge in [-0.2, -0.15) is 0 Å². The molecule has 1 atom stereocenters. The fourth-order valence-corrected chi connectivity index (χ4v) is 1.97. The Hall–Kier alpha value is -0.835. The van der Waals surface area contributed by atoms with E-state index in [4.69, 9.17) is 14.8 Å². The van der Waals surface area contributed by atoms with Crippen LogP contribution < -0.4 is 5.46 Å². The Labute approximate surface area is 116 Å². The van der Waals surface area contributed by atoms with Crippen LogP contribution >= 0.6 is 0 Å². The van der Waals surface area contributed by atoms with Gasteiger partial charge in [0, 0.05) is 0 Å². The van der Waals surface area contributed by atoms with Gasteiger partial charge in [-0.15, -0.1) is 0 Å². The molecule has 2 N–H and O–H groups in total. The largest absolute Gasteiger partial charge is 0.488 e. The minimum Gasteiger partial charge on any atom is -0.423 e. The second-order valence-corrected chi connectivity index (χ2v) is 5.09. The average molecular weight is 264 g/mol. The Morgan fingerprint density at radius 3 is 2.37 bits per heavy atom.